The Balaban J connectivity index is 1.48. The molecule has 5 heteroatoms. The zero-order valence-electron chi connectivity index (χ0n) is 14.8. The van der Waals surface area contributed by atoms with Crippen LogP contribution in [0.2, 0.25) is 0 Å². The van der Waals surface area contributed by atoms with Crippen molar-refractivity contribution < 1.29 is 14.3 Å². The number of allylic oxidation sites excluding steroid dienone is 2. The van der Waals surface area contributed by atoms with Gasteiger partial charge in [-0.25, -0.2) is 0 Å². The van der Waals surface area contributed by atoms with Crippen LogP contribution >= 0.6 is 0 Å². The van der Waals surface area contributed by atoms with Crippen molar-refractivity contribution in [1.29, 1.82) is 0 Å². The molecule has 3 rings (SSSR count). The summed E-state index contributed by atoms with van der Waals surface area (Å²) in [4.78, 5) is 28.8. The zero-order chi connectivity index (χ0) is 17.6. The van der Waals surface area contributed by atoms with Crippen molar-refractivity contribution in [1.82, 2.24) is 9.80 Å². The highest BCUT2D eigenvalue weighted by molar-refractivity contribution is 5.81. The van der Waals surface area contributed by atoms with E-state index in [1.165, 1.54) is 0 Å². The lowest BCUT2D eigenvalue weighted by molar-refractivity contribution is -0.142. The number of methoxy groups -OCH3 is 1. The van der Waals surface area contributed by atoms with Gasteiger partial charge in [-0.15, -0.1) is 0 Å². The molecule has 1 fully saturated rings. The van der Waals surface area contributed by atoms with E-state index in [0.29, 0.717) is 32.6 Å². The number of amides is 2. The van der Waals surface area contributed by atoms with Gasteiger partial charge in [0.2, 0.25) is 11.8 Å². The summed E-state index contributed by atoms with van der Waals surface area (Å²) in [5.41, 5.74) is 0.985. The lowest BCUT2D eigenvalue weighted by atomic mass is 9.93. The molecule has 25 heavy (non-hydrogen) atoms. The van der Waals surface area contributed by atoms with Crippen LogP contribution in [0.25, 0.3) is 0 Å². The fraction of sp³-hybridized carbons (Fsp3) is 0.500. The van der Waals surface area contributed by atoms with Crippen LogP contribution in [-0.2, 0) is 16.0 Å². The van der Waals surface area contributed by atoms with E-state index in [0.717, 1.165) is 30.6 Å². The molecule has 134 valence electrons. The van der Waals surface area contributed by atoms with Crippen LogP contribution in [0.1, 0.15) is 24.8 Å². The maximum absolute atomic E-state index is 12.6. The molecule has 1 unspecified atom stereocenters. The van der Waals surface area contributed by atoms with E-state index in [1.54, 1.807) is 7.11 Å². The van der Waals surface area contributed by atoms with Crippen molar-refractivity contribution in [2.24, 2.45) is 5.92 Å². The van der Waals surface area contributed by atoms with Crippen molar-refractivity contribution in [3.63, 3.8) is 0 Å². The number of rotatable bonds is 4. The Labute approximate surface area is 149 Å². The summed E-state index contributed by atoms with van der Waals surface area (Å²) in [5, 5.41) is 0. The number of nitrogens with zero attached hydrogens (tertiary/aromatic N) is 2. The first-order valence-electron chi connectivity index (χ1n) is 9.02. The highest BCUT2D eigenvalue weighted by Gasteiger charge is 2.28. The van der Waals surface area contributed by atoms with Crippen LogP contribution in [-0.4, -0.2) is 54.9 Å². The maximum Gasteiger partial charge on any atom is 0.227 e. The Bertz CT molecular complexity index is 631. The second-order valence-electron chi connectivity index (χ2n) is 6.71. The van der Waals surface area contributed by atoms with Crippen LogP contribution in [0.5, 0.6) is 5.75 Å². The zero-order valence-corrected chi connectivity index (χ0v) is 14.8. The normalized spacial score (nSPS) is 20.4. The number of hydrogen-bond donors (Lipinski definition) is 0. The Morgan fingerprint density at radius 1 is 1.04 bits per heavy atom. The fourth-order valence-corrected chi connectivity index (χ4v) is 3.48. The van der Waals surface area contributed by atoms with Crippen LogP contribution in [0.3, 0.4) is 0 Å². The second kappa shape index (κ2) is 8.19. The molecule has 1 saturated heterocycles. The predicted molar refractivity (Wildman–Crippen MR) is 96.3 cm³/mol. The molecule has 2 aliphatic rings. The van der Waals surface area contributed by atoms with Gasteiger partial charge < -0.3 is 14.5 Å². The molecule has 1 atom stereocenters. The molecule has 1 aliphatic heterocycles. The quantitative estimate of drug-likeness (QED) is 0.789. The first-order valence-corrected chi connectivity index (χ1v) is 9.02. The van der Waals surface area contributed by atoms with Gasteiger partial charge in [-0.1, -0.05) is 24.3 Å². The number of carbonyl (C=O) groups excluding carboxylic acids is 2. The smallest absolute Gasteiger partial charge is 0.227 e. The highest BCUT2D eigenvalue weighted by atomic mass is 16.5. The summed E-state index contributed by atoms with van der Waals surface area (Å²) in [6, 6.07) is 7.59. The molecule has 1 aromatic rings. The Kier molecular flexibility index (Phi) is 5.74. The van der Waals surface area contributed by atoms with E-state index in [9.17, 15) is 9.59 Å². The number of benzene rings is 1. The maximum atomic E-state index is 12.6. The molecule has 0 saturated carbocycles. The van der Waals surface area contributed by atoms with Crippen molar-refractivity contribution in [2.75, 3.05) is 33.3 Å². The summed E-state index contributed by atoms with van der Waals surface area (Å²) in [6.45, 7) is 2.55. The van der Waals surface area contributed by atoms with Crippen LogP contribution < -0.4 is 4.74 Å². The van der Waals surface area contributed by atoms with E-state index >= 15 is 0 Å². The Hall–Kier alpha value is -2.30. The molecule has 5 nitrogen and oxygen atoms in total. The SMILES string of the molecule is COc1ccc(CC(=O)N2CCN(C(=O)C3CC=CCC3)CC2)cc1. The molecule has 0 radical (unpaired) electrons. The van der Waals surface area contributed by atoms with Gasteiger partial charge in [-0.2, -0.15) is 0 Å². The van der Waals surface area contributed by atoms with Gasteiger partial charge in [-0.3, -0.25) is 9.59 Å². The predicted octanol–water partition coefficient (Wildman–Crippen LogP) is 2.26. The van der Waals surface area contributed by atoms with E-state index in [2.05, 4.69) is 12.2 Å². The standard InChI is InChI=1S/C20H26N2O3/c1-25-18-9-7-16(8-10-18)15-19(23)21-11-13-22(14-12-21)20(24)17-5-3-2-4-6-17/h2-3,7-10,17H,4-6,11-15H2,1H3. The van der Waals surface area contributed by atoms with E-state index in [-0.39, 0.29) is 17.7 Å². The van der Waals surface area contributed by atoms with Gasteiger partial charge in [0.05, 0.1) is 13.5 Å². The summed E-state index contributed by atoms with van der Waals surface area (Å²) in [5.74, 6) is 1.30. The first-order chi connectivity index (χ1) is 12.2. The van der Waals surface area contributed by atoms with Crippen LogP contribution in [0.15, 0.2) is 36.4 Å². The van der Waals surface area contributed by atoms with Crippen molar-refractivity contribution >= 4 is 11.8 Å². The molecule has 2 amide bonds. The molecule has 0 spiro atoms. The third-order valence-corrected chi connectivity index (χ3v) is 5.08. The topological polar surface area (TPSA) is 49.9 Å². The monoisotopic (exact) mass is 342 g/mol. The van der Waals surface area contributed by atoms with Crippen LogP contribution in [0.4, 0.5) is 0 Å². The third-order valence-electron chi connectivity index (χ3n) is 5.08. The van der Waals surface area contributed by atoms with Gasteiger partial charge in [0, 0.05) is 32.1 Å². The molecular weight excluding hydrogens is 316 g/mol. The minimum absolute atomic E-state index is 0.123. The lowest BCUT2D eigenvalue weighted by Crippen LogP contribution is -2.52. The van der Waals surface area contributed by atoms with Crippen LogP contribution in [0, 0.1) is 5.92 Å². The largest absolute Gasteiger partial charge is 0.497 e. The van der Waals surface area contributed by atoms with E-state index in [1.807, 2.05) is 34.1 Å². The third kappa shape index (κ3) is 4.41. The number of hydrogen-bond acceptors (Lipinski definition) is 3. The molecule has 0 N–H and O–H groups in total. The molecular formula is C20H26N2O3. The highest BCUT2D eigenvalue weighted by Crippen LogP contribution is 2.21. The van der Waals surface area contributed by atoms with Crippen molar-refractivity contribution in [2.45, 2.75) is 25.7 Å². The van der Waals surface area contributed by atoms with Gasteiger partial charge in [0.15, 0.2) is 0 Å². The number of ether oxygens (including phenoxy) is 1. The second-order valence-corrected chi connectivity index (χ2v) is 6.71. The Morgan fingerprint density at radius 3 is 2.32 bits per heavy atom. The fourth-order valence-electron chi connectivity index (χ4n) is 3.48. The molecule has 1 aromatic carbocycles. The van der Waals surface area contributed by atoms with Crippen molar-refractivity contribution in [3.05, 3.63) is 42.0 Å². The van der Waals surface area contributed by atoms with Crippen molar-refractivity contribution in [3.8, 4) is 5.75 Å². The minimum atomic E-state index is 0.123. The average molecular weight is 342 g/mol. The summed E-state index contributed by atoms with van der Waals surface area (Å²) in [7, 11) is 1.63. The average Bonchev–Trinajstić information content (AvgIpc) is 2.69. The summed E-state index contributed by atoms with van der Waals surface area (Å²) in [6.07, 6.45) is 7.46. The van der Waals surface area contributed by atoms with Gasteiger partial charge in [-0.05, 0) is 37.0 Å². The number of piperazine rings is 1. The van der Waals surface area contributed by atoms with Gasteiger partial charge in [0.25, 0.3) is 0 Å². The molecule has 0 aromatic heterocycles. The van der Waals surface area contributed by atoms with Gasteiger partial charge >= 0.3 is 0 Å². The summed E-state index contributed by atoms with van der Waals surface area (Å²) >= 11 is 0. The molecule has 1 aliphatic carbocycles. The lowest BCUT2D eigenvalue weighted by Gasteiger charge is -2.36. The molecule has 1 heterocycles. The molecule has 0 bridgehead atoms. The van der Waals surface area contributed by atoms with E-state index < -0.39 is 0 Å². The first kappa shape index (κ1) is 17.5. The Morgan fingerprint density at radius 2 is 1.72 bits per heavy atom. The minimum Gasteiger partial charge on any atom is -0.497 e. The number of carbonyl (C=O) groups is 2. The van der Waals surface area contributed by atoms with Gasteiger partial charge in [0.1, 0.15) is 5.75 Å². The van der Waals surface area contributed by atoms with E-state index in [4.69, 9.17) is 4.74 Å². The summed E-state index contributed by atoms with van der Waals surface area (Å²) < 4.78 is 5.14.